The van der Waals surface area contributed by atoms with Gasteiger partial charge in [-0.3, -0.25) is 4.79 Å². The number of carbonyl (C=O) groups is 1. The maximum absolute atomic E-state index is 12.1. The van der Waals surface area contributed by atoms with Crippen molar-refractivity contribution in [2.24, 2.45) is 0 Å². The zero-order chi connectivity index (χ0) is 16.6. The molecule has 1 aromatic carbocycles. The van der Waals surface area contributed by atoms with Crippen LogP contribution in [0.4, 0.5) is 0 Å². The number of aliphatic hydroxyl groups excluding tert-OH is 1. The van der Waals surface area contributed by atoms with Crippen molar-refractivity contribution < 1.29 is 14.1 Å². The second-order valence-corrected chi connectivity index (χ2v) is 8.36. The van der Waals surface area contributed by atoms with Crippen LogP contribution in [0.1, 0.15) is 18.4 Å². The fourth-order valence-corrected chi connectivity index (χ4v) is 2.77. The molecule has 6 heteroatoms. The summed E-state index contributed by atoms with van der Waals surface area (Å²) >= 11 is 0. The third kappa shape index (κ3) is 7.38. The molecule has 0 unspecified atom stereocenters. The number of hydrogen-bond donors (Lipinski definition) is 3. The molecule has 0 fully saturated rings. The van der Waals surface area contributed by atoms with E-state index in [0.29, 0.717) is 19.4 Å². The molecule has 0 aromatic heterocycles. The highest BCUT2D eigenvalue weighted by molar-refractivity contribution is 8.04. The lowest BCUT2D eigenvalue weighted by molar-refractivity contribution is -0.123. The first-order valence-corrected chi connectivity index (χ1v) is 9.58. The Kier molecular flexibility index (Phi) is 7.27. The number of rotatable bonds is 8. The Hall–Kier alpha value is -1.66. The topological polar surface area (TPSA) is 78.4 Å². The van der Waals surface area contributed by atoms with Crippen molar-refractivity contribution in [2.75, 3.05) is 19.6 Å². The molecule has 22 heavy (non-hydrogen) atoms. The molecule has 1 amide bonds. The van der Waals surface area contributed by atoms with Crippen molar-refractivity contribution >= 4 is 15.8 Å². The van der Waals surface area contributed by atoms with Gasteiger partial charge in [0.1, 0.15) is 28.2 Å². The SMILES string of the molecule is CN[C@@H](CC/C(O)=C/[S+](C)(C)=O)C(=O)NCc1ccccc1. The summed E-state index contributed by atoms with van der Waals surface area (Å²) in [6, 6.07) is 9.27. The molecule has 5 nitrogen and oxygen atoms in total. The highest BCUT2D eigenvalue weighted by Crippen LogP contribution is 2.09. The minimum absolute atomic E-state index is 0.0612. The lowest BCUT2D eigenvalue weighted by Gasteiger charge is -2.15. The molecule has 0 saturated heterocycles. The van der Waals surface area contributed by atoms with Gasteiger partial charge < -0.3 is 15.7 Å². The second-order valence-electron chi connectivity index (χ2n) is 5.50. The molecular weight excluding hydrogens is 300 g/mol. The van der Waals surface area contributed by atoms with E-state index in [2.05, 4.69) is 10.6 Å². The van der Waals surface area contributed by atoms with Crippen LogP contribution in [0.25, 0.3) is 0 Å². The average Bonchev–Trinajstić information content (AvgIpc) is 2.45. The first kappa shape index (κ1) is 18.4. The van der Waals surface area contributed by atoms with E-state index >= 15 is 0 Å². The molecule has 0 aliphatic rings. The number of hydrogen-bond acceptors (Lipinski definition) is 4. The Balaban J connectivity index is 2.48. The molecule has 0 heterocycles. The van der Waals surface area contributed by atoms with E-state index in [-0.39, 0.29) is 11.7 Å². The van der Waals surface area contributed by atoms with Gasteiger partial charge in [0.05, 0.1) is 6.04 Å². The van der Waals surface area contributed by atoms with Crippen LogP contribution in [0.2, 0.25) is 0 Å². The normalized spacial score (nSPS) is 13.7. The van der Waals surface area contributed by atoms with E-state index in [9.17, 15) is 14.1 Å². The van der Waals surface area contributed by atoms with E-state index in [1.807, 2.05) is 30.3 Å². The van der Waals surface area contributed by atoms with Crippen LogP contribution in [0.5, 0.6) is 0 Å². The Morgan fingerprint density at radius 1 is 1.32 bits per heavy atom. The number of amides is 1. The molecule has 0 radical (unpaired) electrons. The summed E-state index contributed by atoms with van der Waals surface area (Å²) in [5, 5.41) is 16.9. The zero-order valence-electron chi connectivity index (χ0n) is 13.3. The highest BCUT2D eigenvalue weighted by Gasteiger charge is 2.18. The van der Waals surface area contributed by atoms with Crippen LogP contribution < -0.4 is 10.6 Å². The molecule has 1 rings (SSSR count). The summed E-state index contributed by atoms with van der Waals surface area (Å²) < 4.78 is 11.6. The summed E-state index contributed by atoms with van der Waals surface area (Å²) in [5.41, 5.74) is 1.03. The van der Waals surface area contributed by atoms with Gasteiger partial charge in [-0.25, -0.2) is 0 Å². The number of aliphatic hydroxyl groups is 1. The quantitative estimate of drug-likeness (QED) is 0.503. The molecule has 1 atom stereocenters. The molecule has 122 valence electrons. The standard InChI is InChI=1S/C16H24N2O3S/c1-17-15(10-9-14(19)12-22(2,3)21)16(20)18-11-13-7-5-4-6-8-13/h4-8,12,15,17H,9-11H2,1-3H3,(H-,18,19,20,21)/p+1/t15-/m0/s1. The van der Waals surface area contributed by atoms with Crippen molar-refractivity contribution in [3.05, 3.63) is 47.1 Å². The first-order chi connectivity index (χ1) is 10.3. The Morgan fingerprint density at radius 2 is 1.95 bits per heavy atom. The minimum Gasteiger partial charge on any atom is -0.508 e. The first-order valence-electron chi connectivity index (χ1n) is 7.14. The maximum atomic E-state index is 12.1. The van der Waals surface area contributed by atoms with E-state index in [1.54, 1.807) is 19.6 Å². The molecule has 0 aliphatic carbocycles. The minimum atomic E-state index is -2.13. The van der Waals surface area contributed by atoms with Gasteiger partial charge in [-0.2, -0.15) is 0 Å². The fourth-order valence-electron chi connectivity index (χ4n) is 1.99. The summed E-state index contributed by atoms with van der Waals surface area (Å²) in [6.45, 7) is 0.470. The predicted octanol–water partition coefficient (Wildman–Crippen LogP) is 1.83. The number of allylic oxidation sites excluding steroid dienone is 1. The van der Waals surface area contributed by atoms with Crippen molar-refractivity contribution in [1.82, 2.24) is 10.6 Å². The molecule has 3 N–H and O–H groups in total. The molecule has 0 saturated carbocycles. The third-order valence-corrected chi connectivity index (χ3v) is 3.92. The van der Waals surface area contributed by atoms with Gasteiger partial charge in [-0.1, -0.05) is 30.3 Å². The number of likely N-dealkylation sites (N-methyl/N-ethyl adjacent to an activating group) is 1. The summed E-state index contributed by atoms with van der Waals surface area (Å²) in [6.07, 6.45) is 3.87. The summed E-state index contributed by atoms with van der Waals surface area (Å²) in [4.78, 5) is 12.1. The van der Waals surface area contributed by atoms with Crippen LogP contribution >= 0.6 is 0 Å². The Labute approximate surface area is 133 Å². The maximum Gasteiger partial charge on any atom is 0.237 e. The van der Waals surface area contributed by atoms with Gasteiger partial charge in [-0.15, -0.1) is 4.21 Å². The van der Waals surface area contributed by atoms with Crippen LogP contribution in [0.3, 0.4) is 0 Å². The predicted molar refractivity (Wildman–Crippen MR) is 91.0 cm³/mol. The molecular formula is C16H25N2O3S+. The van der Waals surface area contributed by atoms with Gasteiger partial charge in [0.15, 0.2) is 5.41 Å². The average molecular weight is 325 g/mol. The van der Waals surface area contributed by atoms with Gasteiger partial charge in [-0.05, 0) is 19.0 Å². The Bertz CT molecular complexity index is 552. The fraction of sp³-hybridized carbons (Fsp3) is 0.438. The molecule has 0 aliphatic heterocycles. The summed E-state index contributed by atoms with van der Waals surface area (Å²) in [7, 11) is -0.423. The molecule has 0 spiro atoms. The van der Waals surface area contributed by atoms with E-state index in [1.165, 1.54) is 5.41 Å². The number of carbonyl (C=O) groups excluding carboxylic acids is 1. The molecule has 1 aromatic rings. The van der Waals surface area contributed by atoms with Crippen molar-refractivity contribution in [3.8, 4) is 0 Å². The van der Waals surface area contributed by atoms with E-state index < -0.39 is 16.0 Å². The smallest absolute Gasteiger partial charge is 0.237 e. The number of benzene rings is 1. The highest BCUT2D eigenvalue weighted by atomic mass is 32.2. The molecule has 0 bridgehead atoms. The van der Waals surface area contributed by atoms with Gasteiger partial charge in [0.2, 0.25) is 5.91 Å². The van der Waals surface area contributed by atoms with Gasteiger partial charge in [0.25, 0.3) is 0 Å². The van der Waals surface area contributed by atoms with Crippen molar-refractivity contribution in [2.45, 2.75) is 25.4 Å². The van der Waals surface area contributed by atoms with E-state index in [4.69, 9.17) is 0 Å². The third-order valence-electron chi connectivity index (χ3n) is 3.08. The van der Waals surface area contributed by atoms with E-state index in [0.717, 1.165) is 5.56 Å². The second kappa shape index (κ2) is 8.70. The summed E-state index contributed by atoms with van der Waals surface area (Å²) in [5.74, 6) is -0.0565. The lowest BCUT2D eigenvalue weighted by atomic mass is 10.1. The van der Waals surface area contributed by atoms with Gasteiger partial charge >= 0.3 is 0 Å². The van der Waals surface area contributed by atoms with Crippen molar-refractivity contribution in [1.29, 1.82) is 0 Å². The Morgan fingerprint density at radius 3 is 2.50 bits per heavy atom. The van der Waals surface area contributed by atoms with Crippen LogP contribution in [0.15, 0.2) is 41.5 Å². The zero-order valence-corrected chi connectivity index (χ0v) is 14.2. The van der Waals surface area contributed by atoms with Crippen LogP contribution in [-0.2, 0) is 25.5 Å². The largest absolute Gasteiger partial charge is 0.508 e. The van der Waals surface area contributed by atoms with Crippen LogP contribution in [0, 0.1) is 0 Å². The monoisotopic (exact) mass is 325 g/mol. The lowest BCUT2D eigenvalue weighted by Crippen LogP contribution is -2.42. The van der Waals surface area contributed by atoms with Crippen molar-refractivity contribution in [3.63, 3.8) is 0 Å². The number of nitrogens with one attached hydrogen (secondary N) is 2. The van der Waals surface area contributed by atoms with Gasteiger partial charge in [0, 0.05) is 13.0 Å². The van der Waals surface area contributed by atoms with Crippen LogP contribution in [-0.4, -0.2) is 36.6 Å².